The number of nitrogens with zero attached hydrogens (tertiary/aromatic N) is 2. The minimum absolute atomic E-state index is 0.0479. The summed E-state index contributed by atoms with van der Waals surface area (Å²) in [6.07, 6.45) is 1.61. The van der Waals surface area contributed by atoms with Crippen molar-refractivity contribution in [3.8, 4) is 6.07 Å². The minimum atomic E-state index is 0.0479. The molecule has 4 heteroatoms. The van der Waals surface area contributed by atoms with Gasteiger partial charge in [-0.3, -0.25) is 0 Å². The van der Waals surface area contributed by atoms with Crippen molar-refractivity contribution in [1.82, 2.24) is 10.3 Å². The molecular formula is C12H17N3O. The lowest BCUT2D eigenvalue weighted by Crippen LogP contribution is -2.36. The highest BCUT2D eigenvalue weighted by Gasteiger charge is 2.12. The Morgan fingerprint density at radius 3 is 2.88 bits per heavy atom. The van der Waals surface area contributed by atoms with Crippen LogP contribution in [0.2, 0.25) is 0 Å². The highest BCUT2D eigenvalue weighted by atomic mass is 16.3. The second kappa shape index (κ2) is 6.21. The van der Waals surface area contributed by atoms with Gasteiger partial charge in [0.2, 0.25) is 0 Å². The fourth-order valence-corrected chi connectivity index (χ4v) is 1.43. The van der Waals surface area contributed by atoms with Gasteiger partial charge in [0, 0.05) is 24.3 Å². The fraction of sp³-hybridized carbons (Fsp3) is 0.500. The number of rotatable bonds is 5. The molecule has 1 aromatic rings. The van der Waals surface area contributed by atoms with Crippen molar-refractivity contribution in [2.24, 2.45) is 5.92 Å². The standard InChI is InChI=1S/C12H17N3O/c1-9(2)12(8-16)15-7-10-4-3-5-14-11(10)6-13/h3-5,9,12,15-16H,7-8H2,1-2H3. The summed E-state index contributed by atoms with van der Waals surface area (Å²) in [6.45, 7) is 4.74. The second-order valence-electron chi connectivity index (χ2n) is 4.04. The van der Waals surface area contributed by atoms with Crippen LogP contribution in [0, 0.1) is 17.2 Å². The molecule has 0 aromatic carbocycles. The van der Waals surface area contributed by atoms with E-state index >= 15 is 0 Å². The molecule has 0 aliphatic carbocycles. The maximum atomic E-state index is 9.16. The van der Waals surface area contributed by atoms with Crippen LogP contribution >= 0.6 is 0 Å². The Bertz CT molecular complexity index is 371. The first kappa shape index (κ1) is 12.6. The average molecular weight is 219 g/mol. The zero-order valence-electron chi connectivity index (χ0n) is 9.64. The molecule has 1 heterocycles. The molecule has 0 amide bonds. The van der Waals surface area contributed by atoms with Gasteiger partial charge < -0.3 is 10.4 Å². The van der Waals surface area contributed by atoms with Crippen LogP contribution in [0.4, 0.5) is 0 Å². The SMILES string of the molecule is CC(C)C(CO)NCc1cccnc1C#N. The van der Waals surface area contributed by atoms with E-state index in [-0.39, 0.29) is 12.6 Å². The quantitative estimate of drug-likeness (QED) is 0.777. The van der Waals surface area contributed by atoms with Crippen LogP contribution in [0.5, 0.6) is 0 Å². The molecule has 0 saturated carbocycles. The van der Waals surface area contributed by atoms with Gasteiger partial charge in [0.1, 0.15) is 11.8 Å². The number of hydrogen-bond acceptors (Lipinski definition) is 4. The molecule has 4 nitrogen and oxygen atoms in total. The van der Waals surface area contributed by atoms with Gasteiger partial charge in [0.05, 0.1) is 6.61 Å². The number of hydrogen-bond donors (Lipinski definition) is 2. The monoisotopic (exact) mass is 219 g/mol. The third-order valence-electron chi connectivity index (χ3n) is 2.55. The lowest BCUT2D eigenvalue weighted by atomic mass is 10.0. The predicted octanol–water partition coefficient (Wildman–Crippen LogP) is 1.06. The molecule has 86 valence electrons. The number of aliphatic hydroxyl groups is 1. The van der Waals surface area contributed by atoms with Crippen molar-refractivity contribution in [3.05, 3.63) is 29.6 Å². The summed E-state index contributed by atoms with van der Waals surface area (Å²) in [5, 5.41) is 21.2. The first-order valence-electron chi connectivity index (χ1n) is 5.37. The van der Waals surface area contributed by atoms with Crippen LogP contribution in [0.1, 0.15) is 25.1 Å². The van der Waals surface area contributed by atoms with Gasteiger partial charge in [-0.15, -0.1) is 0 Å². The van der Waals surface area contributed by atoms with Gasteiger partial charge >= 0.3 is 0 Å². The summed E-state index contributed by atoms with van der Waals surface area (Å²) in [5.41, 5.74) is 1.31. The normalized spacial score (nSPS) is 12.4. The Hall–Kier alpha value is -1.44. The maximum absolute atomic E-state index is 9.16. The summed E-state index contributed by atoms with van der Waals surface area (Å²) in [4.78, 5) is 3.98. The largest absolute Gasteiger partial charge is 0.395 e. The van der Waals surface area contributed by atoms with Crippen LogP contribution in [0.25, 0.3) is 0 Å². The van der Waals surface area contributed by atoms with Crippen LogP contribution in [0.15, 0.2) is 18.3 Å². The summed E-state index contributed by atoms with van der Waals surface area (Å²) >= 11 is 0. The second-order valence-corrected chi connectivity index (χ2v) is 4.04. The average Bonchev–Trinajstić information content (AvgIpc) is 2.30. The van der Waals surface area contributed by atoms with E-state index in [1.807, 2.05) is 19.9 Å². The Morgan fingerprint density at radius 1 is 1.56 bits per heavy atom. The van der Waals surface area contributed by atoms with Gasteiger partial charge in [-0.2, -0.15) is 5.26 Å². The van der Waals surface area contributed by atoms with E-state index < -0.39 is 0 Å². The van der Waals surface area contributed by atoms with Gasteiger partial charge in [-0.25, -0.2) is 4.98 Å². The van der Waals surface area contributed by atoms with Crippen LogP contribution in [0.3, 0.4) is 0 Å². The van der Waals surface area contributed by atoms with Gasteiger partial charge in [0.15, 0.2) is 0 Å². The first-order chi connectivity index (χ1) is 7.69. The van der Waals surface area contributed by atoms with Crippen LogP contribution in [-0.2, 0) is 6.54 Å². The maximum Gasteiger partial charge on any atom is 0.144 e. The molecular weight excluding hydrogens is 202 g/mol. The molecule has 1 atom stereocenters. The molecule has 0 fully saturated rings. The smallest absolute Gasteiger partial charge is 0.144 e. The number of nitriles is 1. The first-order valence-corrected chi connectivity index (χ1v) is 5.37. The molecule has 0 aliphatic rings. The molecule has 0 spiro atoms. The topological polar surface area (TPSA) is 68.9 Å². The zero-order valence-corrected chi connectivity index (χ0v) is 9.64. The molecule has 0 saturated heterocycles. The van der Waals surface area contributed by atoms with E-state index in [0.717, 1.165) is 5.56 Å². The third kappa shape index (κ3) is 3.30. The zero-order chi connectivity index (χ0) is 12.0. The highest BCUT2D eigenvalue weighted by Crippen LogP contribution is 2.06. The lowest BCUT2D eigenvalue weighted by Gasteiger charge is -2.20. The number of aromatic nitrogens is 1. The Kier molecular flexibility index (Phi) is 4.90. The van der Waals surface area contributed by atoms with E-state index in [1.54, 1.807) is 12.3 Å². The Balaban J connectivity index is 2.64. The van der Waals surface area contributed by atoms with Crippen LogP contribution < -0.4 is 5.32 Å². The minimum Gasteiger partial charge on any atom is -0.395 e. The van der Waals surface area contributed by atoms with E-state index in [0.29, 0.717) is 18.2 Å². The summed E-state index contributed by atoms with van der Waals surface area (Å²) in [5.74, 6) is 0.354. The van der Waals surface area contributed by atoms with Gasteiger partial charge in [-0.05, 0) is 12.0 Å². The summed E-state index contributed by atoms with van der Waals surface area (Å²) in [6, 6.07) is 5.78. The summed E-state index contributed by atoms with van der Waals surface area (Å²) < 4.78 is 0. The lowest BCUT2D eigenvalue weighted by molar-refractivity contribution is 0.210. The predicted molar refractivity (Wildman–Crippen MR) is 61.5 cm³/mol. The Labute approximate surface area is 95.9 Å². The molecule has 0 aliphatic heterocycles. The van der Waals surface area contributed by atoms with Crippen LogP contribution in [-0.4, -0.2) is 22.7 Å². The highest BCUT2D eigenvalue weighted by molar-refractivity contribution is 5.30. The van der Waals surface area contributed by atoms with E-state index in [2.05, 4.69) is 16.4 Å². The van der Waals surface area contributed by atoms with Crippen molar-refractivity contribution in [2.45, 2.75) is 26.4 Å². The van der Waals surface area contributed by atoms with Gasteiger partial charge in [-0.1, -0.05) is 19.9 Å². The molecule has 1 aromatic heterocycles. The van der Waals surface area contributed by atoms with Gasteiger partial charge in [0.25, 0.3) is 0 Å². The molecule has 2 N–H and O–H groups in total. The van der Waals surface area contributed by atoms with E-state index in [1.165, 1.54) is 0 Å². The van der Waals surface area contributed by atoms with Crippen molar-refractivity contribution in [2.75, 3.05) is 6.61 Å². The molecule has 0 radical (unpaired) electrons. The molecule has 1 rings (SSSR count). The summed E-state index contributed by atoms with van der Waals surface area (Å²) in [7, 11) is 0. The Morgan fingerprint density at radius 2 is 2.31 bits per heavy atom. The van der Waals surface area contributed by atoms with Crippen molar-refractivity contribution in [1.29, 1.82) is 5.26 Å². The molecule has 16 heavy (non-hydrogen) atoms. The van der Waals surface area contributed by atoms with E-state index in [9.17, 15) is 0 Å². The van der Waals surface area contributed by atoms with E-state index in [4.69, 9.17) is 10.4 Å². The number of nitrogens with one attached hydrogen (secondary N) is 1. The third-order valence-corrected chi connectivity index (χ3v) is 2.55. The fourth-order valence-electron chi connectivity index (χ4n) is 1.43. The van der Waals surface area contributed by atoms with Crippen molar-refractivity contribution >= 4 is 0 Å². The molecule has 0 bridgehead atoms. The molecule has 1 unspecified atom stereocenters. The number of pyridine rings is 1. The number of aliphatic hydroxyl groups excluding tert-OH is 1. The van der Waals surface area contributed by atoms with Crippen molar-refractivity contribution in [3.63, 3.8) is 0 Å². The van der Waals surface area contributed by atoms with Crippen molar-refractivity contribution < 1.29 is 5.11 Å².